The van der Waals surface area contributed by atoms with Gasteiger partial charge in [-0.05, 0) is 31.5 Å². The number of rotatable bonds is 5. The van der Waals surface area contributed by atoms with Crippen LogP contribution in [0.2, 0.25) is 0 Å². The van der Waals surface area contributed by atoms with E-state index in [2.05, 4.69) is 39.5 Å². The molecule has 1 fully saturated rings. The summed E-state index contributed by atoms with van der Waals surface area (Å²) in [5.74, 6) is 1.85. The summed E-state index contributed by atoms with van der Waals surface area (Å²) in [6.07, 6.45) is 0.471. The Morgan fingerprint density at radius 1 is 1.12 bits per heavy atom. The quantitative estimate of drug-likeness (QED) is 0.904. The van der Waals surface area contributed by atoms with E-state index >= 15 is 0 Å². The van der Waals surface area contributed by atoms with Crippen molar-refractivity contribution in [2.45, 2.75) is 20.3 Å². The molecule has 1 saturated heterocycles. The lowest BCUT2D eigenvalue weighted by molar-refractivity contribution is -0.130. The molecular formula is C19H25N5O. The van der Waals surface area contributed by atoms with Crippen molar-refractivity contribution in [3.8, 4) is 0 Å². The molecule has 1 aromatic carbocycles. The lowest BCUT2D eigenvalue weighted by atomic mass is 10.1. The van der Waals surface area contributed by atoms with Crippen LogP contribution in [0.5, 0.6) is 0 Å². The molecule has 132 valence electrons. The zero-order valence-electron chi connectivity index (χ0n) is 14.9. The van der Waals surface area contributed by atoms with Crippen LogP contribution in [0.15, 0.2) is 36.4 Å². The Kier molecular flexibility index (Phi) is 5.48. The van der Waals surface area contributed by atoms with Gasteiger partial charge in [-0.3, -0.25) is 4.79 Å². The molecule has 1 aliphatic rings. The number of amides is 1. The van der Waals surface area contributed by atoms with Crippen molar-refractivity contribution in [1.29, 1.82) is 0 Å². The van der Waals surface area contributed by atoms with Crippen molar-refractivity contribution >= 4 is 17.5 Å². The summed E-state index contributed by atoms with van der Waals surface area (Å²) in [6.45, 7) is 7.93. The molecule has 0 aliphatic carbocycles. The molecular weight excluding hydrogens is 314 g/mol. The number of carbonyl (C=O) groups excluding carboxylic acids is 1. The average molecular weight is 339 g/mol. The molecule has 2 heterocycles. The van der Waals surface area contributed by atoms with E-state index < -0.39 is 0 Å². The molecule has 1 aromatic heterocycles. The average Bonchev–Trinajstić information content (AvgIpc) is 2.63. The predicted molar refractivity (Wildman–Crippen MR) is 99.9 cm³/mol. The Labute approximate surface area is 148 Å². The summed E-state index contributed by atoms with van der Waals surface area (Å²) >= 11 is 0. The number of hydrogen-bond donors (Lipinski definition) is 1. The summed E-state index contributed by atoms with van der Waals surface area (Å²) < 4.78 is 0. The molecule has 3 rings (SSSR count). The van der Waals surface area contributed by atoms with Gasteiger partial charge in [0, 0.05) is 32.7 Å². The fourth-order valence-electron chi connectivity index (χ4n) is 3.06. The van der Waals surface area contributed by atoms with Gasteiger partial charge < -0.3 is 15.1 Å². The molecule has 25 heavy (non-hydrogen) atoms. The number of anilines is 2. The van der Waals surface area contributed by atoms with Gasteiger partial charge in [-0.1, -0.05) is 29.8 Å². The normalized spacial score (nSPS) is 14.5. The first kappa shape index (κ1) is 17.2. The highest BCUT2D eigenvalue weighted by Crippen LogP contribution is 2.15. The van der Waals surface area contributed by atoms with Gasteiger partial charge in [0.15, 0.2) is 5.82 Å². The monoisotopic (exact) mass is 339 g/mol. The van der Waals surface area contributed by atoms with E-state index in [0.29, 0.717) is 6.42 Å². The minimum atomic E-state index is 0.193. The topological polar surface area (TPSA) is 61.4 Å². The van der Waals surface area contributed by atoms with Gasteiger partial charge in [0.2, 0.25) is 5.91 Å². The molecule has 0 spiro atoms. The van der Waals surface area contributed by atoms with E-state index in [0.717, 1.165) is 49.9 Å². The maximum absolute atomic E-state index is 12.5. The van der Waals surface area contributed by atoms with Crippen LogP contribution in [0, 0.1) is 6.92 Å². The minimum Gasteiger partial charge on any atom is -0.369 e. The fourth-order valence-corrected chi connectivity index (χ4v) is 3.06. The lowest BCUT2D eigenvalue weighted by Gasteiger charge is -2.35. The van der Waals surface area contributed by atoms with E-state index in [1.165, 1.54) is 5.56 Å². The van der Waals surface area contributed by atoms with Crippen molar-refractivity contribution in [1.82, 2.24) is 15.1 Å². The minimum absolute atomic E-state index is 0.193. The third-order valence-electron chi connectivity index (χ3n) is 4.40. The van der Waals surface area contributed by atoms with Gasteiger partial charge in [0.1, 0.15) is 5.82 Å². The van der Waals surface area contributed by atoms with Crippen LogP contribution < -0.4 is 10.2 Å². The van der Waals surface area contributed by atoms with Gasteiger partial charge in [0.25, 0.3) is 0 Å². The number of carbonyl (C=O) groups is 1. The van der Waals surface area contributed by atoms with E-state index in [1.54, 1.807) is 0 Å². The Morgan fingerprint density at radius 3 is 2.56 bits per heavy atom. The molecule has 2 aromatic rings. The van der Waals surface area contributed by atoms with Crippen molar-refractivity contribution in [2.75, 3.05) is 42.9 Å². The zero-order chi connectivity index (χ0) is 17.6. The number of aryl methyl sites for hydroxylation is 1. The van der Waals surface area contributed by atoms with E-state index in [-0.39, 0.29) is 5.91 Å². The van der Waals surface area contributed by atoms with Crippen LogP contribution >= 0.6 is 0 Å². The van der Waals surface area contributed by atoms with Crippen LogP contribution in [0.25, 0.3) is 0 Å². The Hall–Kier alpha value is -2.63. The van der Waals surface area contributed by atoms with E-state index in [4.69, 9.17) is 0 Å². The predicted octanol–water partition coefficient (Wildman–Crippen LogP) is 2.11. The molecule has 1 aliphatic heterocycles. The molecule has 0 atom stereocenters. The summed E-state index contributed by atoms with van der Waals surface area (Å²) in [7, 11) is 0. The number of aromatic nitrogens is 2. The SMILES string of the molecule is CCNc1ccc(N2CCN(C(=O)Cc3cccc(C)c3)CC2)nn1. The third kappa shape index (κ3) is 4.47. The standard InChI is InChI=1S/C19H25N5O/c1-3-20-17-7-8-18(22-21-17)23-9-11-24(12-10-23)19(25)14-16-6-4-5-15(2)13-16/h4-8,13H,3,9-12,14H2,1-2H3,(H,20,21). The summed E-state index contributed by atoms with van der Waals surface area (Å²) in [4.78, 5) is 16.6. The van der Waals surface area contributed by atoms with Crippen LogP contribution in [0.3, 0.4) is 0 Å². The number of hydrogen-bond acceptors (Lipinski definition) is 5. The van der Waals surface area contributed by atoms with Crippen LogP contribution in [-0.2, 0) is 11.2 Å². The maximum Gasteiger partial charge on any atom is 0.227 e. The van der Waals surface area contributed by atoms with Gasteiger partial charge >= 0.3 is 0 Å². The van der Waals surface area contributed by atoms with Gasteiger partial charge in [-0.2, -0.15) is 0 Å². The second kappa shape index (κ2) is 7.96. The molecule has 1 amide bonds. The highest BCUT2D eigenvalue weighted by Gasteiger charge is 2.22. The highest BCUT2D eigenvalue weighted by molar-refractivity contribution is 5.79. The second-order valence-electron chi connectivity index (χ2n) is 6.34. The second-order valence-corrected chi connectivity index (χ2v) is 6.34. The molecule has 6 heteroatoms. The van der Waals surface area contributed by atoms with Gasteiger partial charge in [0.05, 0.1) is 6.42 Å². The molecule has 0 unspecified atom stereocenters. The molecule has 0 bridgehead atoms. The van der Waals surface area contributed by atoms with E-state index in [1.807, 2.05) is 36.1 Å². The molecule has 6 nitrogen and oxygen atoms in total. The van der Waals surface area contributed by atoms with Gasteiger partial charge in [-0.25, -0.2) is 0 Å². The number of benzene rings is 1. The first-order chi connectivity index (χ1) is 12.2. The number of nitrogens with one attached hydrogen (secondary N) is 1. The summed E-state index contributed by atoms with van der Waals surface area (Å²) in [6, 6.07) is 12.1. The first-order valence-corrected chi connectivity index (χ1v) is 8.81. The van der Waals surface area contributed by atoms with Gasteiger partial charge in [-0.15, -0.1) is 10.2 Å². The zero-order valence-corrected chi connectivity index (χ0v) is 14.9. The van der Waals surface area contributed by atoms with E-state index in [9.17, 15) is 4.79 Å². The van der Waals surface area contributed by atoms with Crippen molar-refractivity contribution < 1.29 is 4.79 Å². The third-order valence-corrected chi connectivity index (χ3v) is 4.40. The Bertz CT molecular complexity index is 708. The van der Waals surface area contributed by atoms with Crippen LogP contribution in [-0.4, -0.2) is 53.7 Å². The highest BCUT2D eigenvalue weighted by atomic mass is 16.2. The first-order valence-electron chi connectivity index (χ1n) is 8.81. The smallest absolute Gasteiger partial charge is 0.227 e. The Balaban J connectivity index is 1.53. The summed E-state index contributed by atoms with van der Waals surface area (Å²) in [5, 5.41) is 11.6. The maximum atomic E-state index is 12.5. The lowest BCUT2D eigenvalue weighted by Crippen LogP contribution is -2.49. The molecule has 1 N–H and O–H groups in total. The molecule has 0 radical (unpaired) electrons. The van der Waals surface area contributed by atoms with Crippen molar-refractivity contribution in [2.24, 2.45) is 0 Å². The van der Waals surface area contributed by atoms with Crippen molar-refractivity contribution in [3.05, 3.63) is 47.5 Å². The fraction of sp³-hybridized carbons (Fsp3) is 0.421. The number of nitrogens with zero attached hydrogens (tertiary/aromatic N) is 4. The van der Waals surface area contributed by atoms with Crippen LogP contribution in [0.1, 0.15) is 18.1 Å². The summed E-state index contributed by atoms with van der Waals surface area (Å²) in [5.41, 5.74) is 2.27. The Morgan fingerprint density at radius 2 is 1.92 bits per heavy atom. The van der Waals surface area contributed by atoms with Crippen LogP contribution in [0.4, 0.5) is 11.6 Å². The number of piperazine rings is 1. The van der Waals surface area contributed by atoms with Crippen molar-refractivity contribution in [3.63, 3.8) is 0 Å². The molecule has 0 saturated carbocycles. The largest absolute Gasteiger partial charge is 0.369 e.